The second-order valence-corrected chi connectivity index (χ2v) is 9.09. The Morgan fingerprint density at radius 1 is 0.949 bits per heavy atom. The molecule has 4 aromatic carbocycles. The van der Waals surface area contributed by atoms with Gasteiger partial charge in [0, 0.05) is 41.5 Å². The van der Waals surface area contributed by atoms with E-state index in [2.05, 4.69) is 0 Å². The van der Waals surface area contributed by atoms with E-state index < -0.39 is 23.3 Å². The lowest BCUT2D eigenvalue weighted by Crippen LogP contribution is -2.28. The molecule has 39 heavy (non-hydrogen) atoms. The van der Waals surface area contributed by atoms with Crippen molar-refractivity contribution in [3.05, 3.63) is 123 Å². The van der Waals surface area contributed by atoms with Crippen molar-refractivity contribution >= 4 is 28.9 Å². The Balaban J connectivity index is 1.56. The van der Waals surface area contributed by atoms with Crippen molar-refractivity contribution in [1.29, 1.82) is 0 Å². The van der Waals surface area contributed by atoms with Crippen LogP contribution in [0.3, 0.4) is 0 Å². The minimum absolute atomic E-state index is 0.0244. The number of nitro groups is 1. The highest BCUT2D eigenvalue weighted by Crippen LogP contribution is 2.32. The number of carboxylic acid groups (broad SMARTS) is 1. The zero-order valence-electron chi connectivity index (χ0n) is 20.8. The number of benzene rings is 4. The van der Waals surface area contributed by atoms with Crippen LogP contribution in [0.1, 0.15) is 16.7 Å². The van der Waals surface area contributed by atoms with Gasteiger partial charge in [-0.1, -0.05) is 41.9 Å². The molecule has 0 heterocycles. The van der Waals surface area contributed by atoms with Crippen molar-refractivity contribution in [3.8, 4) is 17.2 Å². The molecular formula is C29H23ClFN2O6-. The van der Waals surface area contributed by atoms with Crippen molar-refractivity contribution in [2.45, 2.75) is 20.0 Å². The molecule has 0 atom stereocenters. The van der Waals surface area contributed by atoms with Gasteiger partial charge in [-0.2, -0.15) is 0 Å². The molecule has 200 valence electrons. The Bertz CT molecular complexity index is 1500. The average molecular weight is 550 g/mol. The first-order valence-electron chi connectivity index (χ1n) is 11.8. The summed E-state index contributed by atoms with van der Waals surface area (Å²) in [5.74, 6) is -0.496. The van der Waals surface area contributed by atoms with Crippen LogP contribution in [0, 0.1) is 22.9 Å². The van der Waals surface area contributed by atoms with Crippen LogP contribution in [0.5, 0.6) is 17.2 Å². The molecule has 0 aliphatic carbocycles. The van der Waals surface area contributed by atoms with Gasteiger partial charge in [0.25, 0.3) is 5.69 Å². The third-order valence-electron chi connectivity index (χ3n) is 5.88. The second-order valence-electron chi connectivity index (χ2n) is 8.65. The number of nitrogens with zero attached hydrogens (tertiary/aromatic N) is 2. The van der Waals surface area contributed by atoms with Crippen LogP contribution in [0.25, 0.3) is 0 Å². The quantitative estimate of drug-likeness (QED) is 0.171. The summed E-state index contributed by atoms with van der Waals surface area (Å²) in [5.41, 5.74) is 2.30. The van der Waals surface area contributed by atoms with Crippen LogP contribution in [0.4, 0.5) is 15.8 Å². The Kier molecular flexibility index (Phi) is 8.63. The van der Waals surface area contributed by atoms with Gasteiger partial charge in [-0.15, -0.1) is 0 Å². The predicted octanol–water partition coefficient (Wildman–Crippen LogP) is 5.82. The molecule has 0 amide bonds. The summed E-state index contributed by atoms with van der Waals surface area (Å²) in [6.45, 7) is 1.58. The van der Waals surface area contributed by atoms with E-state index in [-0.39, 0.29) is 17.3 Å². The molecule has 4 rings (SSSR count). The number of ether oxygens (including phenoxy) is 2. The van der Waals surface area contributed by atoms with E-state index in [1.807, 2.05) is 17.0 Å². The first-order chi connectivity index (χ1) is 18.7. The second kappa shape index (κ2) is 12.3. The van der Waals surface area contributed by atoms with E-state index in [0.29, 0.717) is 40.6 Å². The van der Waals surface area contributed by atoms with Gasteiger partial charge in [0.15, 0.2) is 0 Å². The number of rotatable bonds is 11. The molecule has 0 bridgehead atoms. The van der Waals surface area contributed by atoms with Crippen molar-refractivity contribution in [3.63, 3.8) is 0 Å². The lowest BCUT2D eigenvalue weighted by Gasteiger charge is -2.27. The van der Waals surface area contributed by atoms with Gasteiger partial charge >= 0.3 is 0 Å². The topological polar surface area (TPSA) is 105 Å². The molecule has 0 saturated carbocycles. The molecule has 0 spiro atoms. The molecule has 0 aromatic heterocycles. The van der Waals surface area contributed by atoms with Gasteiger partial charge in [-0.3, -0.25) is 10.1 Å². The fraction of sp³-hybridized carbons (Fsp3) is 0.138. The van der Waals surface area contributed by atoms with Gasteiger partial charge in [0.2, 0.25) is 0 Å². The molecule has 0 radical (unpaired) electrons. The predicted molar refractivity (Wildman–Crippen MR) is 143 cm³/mol. The van der Waals surface area contributed by atoms with Crippen molar-refractivity contribution in [1.82, 2.24) is 0 Å². The Morgan fingerprint density at radius 2 is 1.67 bits per heavy atom. The van der Waals surface area contributed by atoms with Crippen molar-refractivity contribution in [2.75, 3.05) is 11.5 Å². The van der Waals surface area contributed by atoms with Gasteiger partial charge < -0.3 is 24.3 Å². The molecule has 4 aromatic rings. The number of carboxylic acids is 1. The highest BCUT2D eigenvalue weighted by atomic mass is 35.5. The van der Waals surface area contributed by atoms with Crippen LogP contribution in [0.2, 0.25) is 5.02 Å². The number of hydrogen-bond donors (Lipinski definition) is 0. The molecule has 10 heteroatoms. The SMILES string of the molecule is Cc1c(N(Cc2ccc(Oc3cccc(OCC(=O)[O-])c3)cc2)Cc2ccc(Cl)cc2F)cccc1[N+](=O)[O-]. The number of aliphatic carboxylic acids is 1. The maximum Gasteiger partial charge on any atom is 0.274 e. The standard InChI is InChI=1S/C29H24ClFN2O6/c1-19-27(6-3-7-28(19)33(36)37)32(17-21-10-11-22(30)14-26(21)31)16-20-8-12-23(13-9-20)39-25-5-2-4-24(15-25)38-18-29(34)35/h2-15H,16-18H2,1H3,(H,34,35)/p-1. The molecule has 8 nitrogen and oxygen atoms in total. The normalized spacial score (nSPS) is 10.6. The van der Waals surface area contributed by atoms with Crippen LogP contribution in [0.15, 0.2) is 84.9 Å². The summed E-state index contributed by atoms with van der Waals surface area (Å²) in [6.07, 6.45) is 0. The Labute approximate surface area is 228 Å². The minimum atomic E-state index is -1.33. The Hall–Kier alpha value is -4.63. The fourth-order valence-corrected chi connectivity index (χ4v) is 4.18. The number of hydrogen-bond acceptors (Lipinski definition) is 7. The van der Waals surface area contributed by atoms with Crippen molar-refractivity contribution < 1.29 is 28.7 Å². The van der Waals surface area contributed by atoms with E-state index in [1.165, 1.54) is 12.1 Å². The van der Waals surface area contributed by atoms with E-state index >= 15 is 0 Å². The third-order valence-corrected chi connectivity index (χ3v) is 6.12. The van der Waals surface area contributed by atoms with Crippen LogP contribution in [-0.4, -0.2) is 17.5 Å². The van der Waals surface area contributed by atoms with Gasteiger partial charge in [0.05, 0.1) is 16.5 Å². The molecule has 0 saturated heterocycles. The van der Waals surface area contributed by atoms with E-state index in [9.17, 15) is 24.4 Å². The Morgan fingerprint density at radius 3 is 2.36 bits per heavy atom. The summed E-state index contributed by atoms with van der Waals surface area (Å²) >= 11 is 5.92. The maximum atomic E-state index is 14.7. The smallest absolute Gasteiger partial charge is 0.274 e. The monoisotopic (exact) mass is 549 g/mol. The molecule has 0 unspecified atom stereocenters. The van der Waals surface area contributed by atoms with Gasteiger partial charge in [-0.25, -0.2) is 4.39 Å². The number of anilines is 1. The van der Waals surface area contributed by atoms with Crippen molar-refractivity contribution in [2.24, 2.45) is 0 Å². The van der Waals surface area contributed by atoms with Crippen LogP contribution < -0.4 is 19.5 Å². The summed E-state index contributed by atoms with van der Waals surface area (Å²) in [5, 5.41) is 22.4. The summed E-state index contributed by atoms with van der Waals surface area (Å²) in [7, 11) is 0. The summed E-state index contributed by atoms with van der Waals surface area (Å²) in [6, 6.07) is 23.0. The largest absolute Gasteiger partial charge is 0.546 e. The molecule has 0 fully saturated rings. The lowest BCUT2D eigenvalue weighted by atomic mass is 10.1. The van der Waals surface area contributed by atoms with E-state index in [1.54, 1.807) is 67.6 Å². The zero-order valence-corrected chi connectivity index (χ0v) is 21.6. The molecule has 0 aliphatic heterocycles. The van der Waals surface area contributed by atoms with Gasteiger partial charge in [0.1, 0.15) is 29.7 Å². The minimum Gasteiger partial charge on any atom is -0.546 e. The fourth-order valence-electron chi connectivity index (χ4n) is 4.02. The summed E-state index contributed by atoms with van der Waals surface area (Å²) < 4.78 is 25.7. The first-order valence-corrected chi connectivity index (χ1v) is 12.2. The number of carbonyl (C=O) groups excluding carboxylic acids is 1. The number of halogens is 2. The highest BCUT2D eigenvalue weighted by Gasteiger charge is 2.19. The highest BCUT2D eigenvalue weighted by molar-refractivity contribution is 6.30. The lowest BCUT2D eigenvalue weighted by molar-refractivity contribution is -0.385. The number of carbonyl (C=O) groups is 1. The van der Waals surface area contributed by atoms with Gasteiger partial charge in [-0.05, 0) is 55.0 Å². The van der Waals surface area contributed by atoms with Crippen LogP contribution >= 0.6 is 11.6 Å². The van der Waals surface area contributed by atoms with Crippen LogP contribution in [-0.2, 0) is 17.9 Å². The average Bonchev–Trinajstić information content (AvgIpc) is 2.90. The molecular weight excluding hydrogens is 527 g/mol. The third kappa shape index (κ3) is 7.24. The maximum absolute atomic E-state index is 14.7. The molecule has 0 aliphatic rings. The van der Waals surface area contributed by atoms with E-state index in [4.69, 9.17) is 21.1 Å². The zero-order chi connectivity index (χ0) is 27.9. The first kappa shape index (κ1) is 27.4. The van der Waals surface area contributed by atoms with E-state index in [0.717, 1.165) is 5.56 Å². The molecule has 0 N–H and O–H groups in total. The number of nitro benzene ring substituents is 1. The summed E-state index contributed by atoms with van der Waals surface area (Å²) in [4.78, 5) is 23.6.